The second-order valence-corrected chi connectivity index (χ2v) is 6.18. The number of nitrogens with one attached hydrogen (secondary N) is 3. The maximum Gasteiger partial charge on any atom is 0.279 e. The quantitative estimate of drug-likeness (QED) is 0.641. The summed E-state index contributed by atoms with van der Waals surface area (Å²) in [6, 6.07) is 13.8. The van der Waals surface area contributed by atoms with Crippen LogP contribution in [0.1, 0.15) is 43.1 Å². The maximum absolute atomic E-state index is 12.1. The second-order valence-electron chi connectivity index (χ2n) is 6.18. The predicted octanol–water partition coefficient (Wildman–Crippen LogP) is 2.83. The maximum atomic E-state index is 12.1. The fourth-order valence-corrected chi connectivity index (χ4v) is 2.31. The molecule has 0 bridgehead atoms. The molecule has 3 N–H and O–H groups in total. The van der Waals surface area contributed by atoms with Gasteiger partial charge in [0.15, 0.2) is 6.10 Å². The van der Waals surface area contributed by atoms with E-state index < -0.39 is 17.9 Å². The van der Waals surface area contributed by atoms with E-state index in [1.807, 2.05) is 12.1 Å². The number of aryl methyl sites for hydroxylation is 1. The van der Waals surface area contributed by atoms with Crippen molar-refractivity contribution in [3.05, 3.63) is 59.7 Å². The number of ether oxygens (including phenoxy) is 1. The average Bonchev–Trinajstić information content (AvgIpc) is 2.72. The summed E-state index contributed by atoms with van der Waals surface area (Å²) in [4.78, 5) is 35.6. The Morgan fingerprint density at radius 3 is 2.14 bits per heavy atom. The summed E-state index contributed by atoms with van der Waals surface area (Å²) in [5, 5.41) is 2.70. The van der Waals surface area contributed by atoms with E-state index in [2.05, 4.69) is 23.1 Å². The first kappa shape index (κ1) is 21.0. The van der Waals surface area contributed by atoms with E-state index >= 15 is 0 Å². The number of amides is 3. The zero-order valence-electron chi connectivity index (χ0n) is 16.2. The average molecular weight is 383 g/mol. The molecule has 7 nitrogen and oxygen atoms in total. The van der Waals surface area contributed by atoms with E-state index in [9.17, 15) is 14.4 Å². The van der Waals surface area contributed by atoms with E-state index in [1.165, 1.54) is 5.56 Å². The molecular formula is C21H25N3O4. The van der Waals surface area contributed by atoms with Gasteiger partial charge in [-0.05, 0) is 55.3 Å². The van der Waals surface area contributed by atoms with Crippen molar-refractivity contribution >= 4 is 23.4 Å². The van der Waals surface area contributed by atoms with Gasteiger partial charge < -0.3 is 10.1 Å². The lowest BCUT2D eigenvalue weighted by atomic mass is 10.2. The normalized spacial score (nSPS) is 11.2. The largest absolute Gasteiger partial charge is 0.481 e. The Labute approximate surface area is 164 Å². The third-order valence-electron chi connectivity index (χ3n) is 4.06. The summed E-state index contributed by atoms with van der Waals surface area (Å²) in [5.74, 6) is -0.473. The number of carbonyl (C=O) groups is 3. The van der Waals surface area contributed by atoms with Crippen molar-refractivity contribution in [2.24, 2.45) is 0 Å². The van der Waals surface area contributed by atoms with Crippen LogP contribution in [0.2, 0.25) is 0 Å². The fourth-order valence-electron chi connectivity index (χ4n) is 2.31. The Kier molecular flexibility index (Phi) is 7.56. The molecule has 3 amide bonds. The molecule has 0 aromatic heterocycles. The Morgan fingerprint density at radius 1 is 0.929 bits per heavy atom. The molecule has 0 saturated carbocycles. The minimum atomic E-state index is -0.778. The third kappa shape index (κ3) is 6.12. The molecule has 28 heavy (non-hydrogen) atoms. The first-order valence-corrected chi connectivity index (χ1v) is 9.18. The Bertz CT molecular complexity index is 817. The standard InChI is InChI=1S/C21H25N3O4/c1-4-15-6-12-18(13-7-15)28-14(3)20(26)23-24-21(27)16-8-10-17(11-9-16)22-19(25)5-2/h6-14H,4-5H2,1-3H3,(H,22,25)(H,23,26)(H,24,27). The summed E-state index contributed by atoms with van der Waals surface area (Å²) >= 11 is 0. The summed E-state index contributed by atoms with van der Waals surface area (Å²) in [7, 11) is 0. The van der Waals surface area contributed by atoms with Crippen LogP contribution in [0.15, 0.2) is 48.5 Å². The van der Waals surface area contributed by atoms with Crippen LogP contribution in [-0.2, 0) is 16.0 Å². The monoisotopic (exact) mass is 383 g/mol. The Balaban J connectivity index is 1.83. The zero-order chi connectivity index (χ0) is 20.5. The molecule has 0 saturated heterocycles. The number of benzene rings is 2. The lowest BCUT2D eigenvalue weighted by Crippen LogP contribution is -2.47. The zero-order valence-corrected chi connectivity index (χ0v) is 16.2. The number of hydrogen-bond acceptors (Lipinski definition) is 4. The second kappa shape index (κ2) is 10.1. The van der Waals surface area contributed by atoms with Gasteiger partial charge in [0.25, 0.3) is 11.8 Å². The van der Waals surface area contributed by atoms with Crippen LogP contribution in [-0.4, -0.2) is 23.8 Å². The van der Waals surface area contributed by atoms with Gasteiger partial charge in [-0.3, -0.25) is 25.2 Å². The van der Waals surface area contributed by atoms with Gasteiger partial charge in [0.05, 0.1) is 0 Å². The van der Waals surface area contributed by atoms with Crippen molar-refractivity contribution in [1.82, 2.24) is 10.9 Å². The van der Waals surface area contributed by atoms with Crippen LogP contribution in [0.5, 0.6) is 5.75 Å². The lowest BCUT2D eigenvalue weighted by molar-refractivity contribution is -0.128. The van der Waals surface area contributed by atoms with Crippen LogP contribution in [0.25, 0.3) is 0 Å². The van der Waals surface area contributed by atoms with Gasteiger partial charge in [0.1, 0.15) is 5.75 Å². The van der Waals surface area contributed by atoms with Gasteiger partial charge in [0.2, 0.25) is 5.91 Å². The van der Waals surface area contributed by atoms with Crippen molar-refractivity contribution in [1.29, 1.82) is 0 Å². The molecule has 0 heterocycles. The molecule has 0 fully saturated rings. The number of hydrogen-bond donors (Lipinski definition) is 3. The number of anilines is 1. The van der Waals surface area contributed by atoms with Crippen LogP contribution >= 0.6 is 0 Å². The molecular weight excluding hydrogens is 358 g/mol. The van der Waals surface area contributed by atoms with Crippen molar-refractivity contribution in [2.45, 2.75) is 39.7 Å². The van der Waals surface area contributed by atoms with Crippen LogP contribution in [0.4, 0.5) is 5.69 Å². The van der Waals surface area contributed by atoms with E-state index in [0.29, 0.717) is 23.4 Å². The molecule has 0 aliphatic rings. The van der Waals surface area contributed by atoms with Gasteiger partial charge in [-0.2, -0.15) is 0 Å². The third-order valence-corrected chi connectivity index (χ3v) is 4.06. The van der Waals surface area contributed by atoms with Gasteiger partial charge in [-0.25, -0.2) is 0 Å². The molecule has 1 atom stereocenters. The highest BCUT2D eigenvalue weighted by molar-refractivity contribution is 5.97. The van der Waals surface area contributed by atoms with Crippen molar-refractivity contribution in [3.63, 3.8) is 0 Å². The molecule has 0 aliphatic heterocycles. The predicted molar refractivity (Wildman–Crippen MR) is 107 cm³/mol. The molecule has 2 aromatic carbocycles. The fraction of sp³-hybridized carbons (Fsp3) is 0.286. The molecule has 0 aliphatic carbocycles. The summed E-state index contributed by atoms with van der Waals surface area (Å²) in [5.41, 5.74) is 6.82. The lowest BCUT2D eigenvalue weighted by Gasteiger charge is -2.15. The van der Waals surface area contributed by atoms with Gasteiger partial charge in [-0.15, -0.1) is 0 Å². The van der Waals surface area contributed by atoms with Crippen molar-refractivity contribution in [2.75, 3.05) is 5.32 Å². The summed E-state index contributed by atoms with van der Waals surface area (Å²) in [6.45, 7) is 5.41. The topological polar surface area (TPSA) is 96.5 Å². The number of hydrazine groups is 1. The van der Waals surface area contributed by atoms with E-state index in [0.717, 1.165) is 6.42 Å². The number of carbonyl (C=O) groups excluding carboxylic acids is 3. The Hall–Kier alpha value is -3.35. The Morgan fingerprint density at radius 2 is 1.57 bits per heavy atom. The molecule has 0 radical (unpaired) electrons. The van der Waals surface area contributed by atoms with Crippen molar-refractivity contribution in [3.8, 4) is 5.75 Å². The summed E-state index contributed by atoms with van der Waals surface area (Å²) in [6.07, 6.45) is 0.519. The van der Waals surface area contributed by atoms with Gasteiger partial charge in [0, 0.05) is 17.7 Å². The van der Waals surface area contributed by atoms with Crippen LogP contribution < -0.4 is 20.9 Å². The van der Waals surface area contributed by atoms with Gasteiger partial charge >= 0.3 is 0 Å². The molecule has 2 rings (SSSR count). The first-order valence-electron chi connectivity index (χ1n) is 9.18. The van der Waals surface area contributed by atoms with Gasteiger partial charge in [-0.1, -0.05) is 26.0 Å². The van der Waals surface area contributed by atoms with E-state index in [1.54, 1.807) is 50.2 Å². The first-order chi connectivity index (χ1) is 13.4. The van der Waals surface area contributed by atoms with Crippen LogP contribution in [0.3, 0.4) is 0 Å². The van der Waals surface area contributed by atoms with Crippen molar-refractivity contribution < 1.29 is 19.1 Å². The molecule has 148 valence electrons. The highest BCUT2D eigenvalue weighted by atomic mass is 16.5. The van der Waals surface area contributed by atoms with E-state index in [4.69, 9.17) is 4.74 Å². The summed E-state index contributed by atoms with van der Waals surface area (Å²) < 4.78 is 5.57. The SMILES string of the molecule is CCC(=O)Nc1ccc(C(=O)NNC(=O)C(C)Oc2ccc(CC)cc2)cc1. The number of rotatable bonds is 7. The minimum absolute atomic E-state index is 0.109. The molecule has 0 spiro atoms. The highest BCUT2D eigenvalue weighted by Crippen LogP contribution is 2.14. The smallest absolute Gasteiger partial charge is 0.279 e. The molecule has 2 aromatic rings. The molecule has 1 unspecified atom stereocenters. The minimum Gasteiger partial charge on any atom is -0.481 e. The van der Waals surface area contributed by atoms with Crippen LogP contribution in [0, 0.1) is 0 Å². The highest BCUT2D eigenvalue weighted by Gasteiger charge is 2.16. The van der Waals surface area contributed by atoms with E-state index in [-0.39, 0.29) is 5.91 Å². The molecule has 7 heteroatoms.